The van der Waals surface area contributed by atoms with Gasteiger partial charge in [0.05, 0.1) is 12.5 Å². The molecule has 2 saturated carbocycles. The molecular weight excluding hydrogens is 200 g/mol. The Morgan fingerprint density at radius 2 is 1.79 bits per heavy atom. The summed E-state index contributed by atoms with van der Waals surface area (Å²) in [5.41, 5.74) is 0. The number of esters is 1. The fraction of sp³-hybridized carbons (Fsp3) is 0.909. The van der Waals surface area contributed by atoms with Gasteiger partial charge in [0.15, 0.2) is 0 Å². The summed E-state index contributed by atoms with van der Waals surface area (Å²) >= 11 is 6.00. The van der Waals surface area contributed by atoms with Gasteiger partial charge in [0.1, 0.15) is 0 Å². The Kier molecular flexibility index (Phi) is 3.32. The van der Waals surface area contributed by atoms with E-state index in [1.54, 1.807) is 0 Å². The Bertz CT molecular complexity index is 205. The zero-order valence-corrected chi connectivity index (χ0v) is 9.13. The molecule has 0 spiro atoms. The zero-order chi connectivity index (χ0) is 9.97. The summed E-state index contributed by atoms with van der Waals surface area (Å²) in [6.45, 7) is 0.624. The van der Waals surface area contributed by atoms with Crippen molar-refractivity contribution in [2.24, 2.45) is 11.8 Å². The fourth-order valence-electron chi connectivity index (χ4n) is 1.93. The van der Waals surface area contributed by atoms with E-state index in [1.165, 1.54) is 0 Å². The molecule has 0 saturated heterocycles. The summed E-state index contributed by atoms with van der Waals surface area (Å²) in [6.07, 6.45) is 6.46. The van der Waals surface area contributed by atoms with Gasteiger partial charge >= 0.3 is 5.97 Å². The molecule has 0 aliphatic heterocycles. The number of carbonyl (C=O) groups excluding carboxylic acids is 1. The molecule has 2 fully saturated rings. The summed E-state index contributed by atoms with van der Waals surface area (Å²) in [5.74, 6) is 0.824. The van der Waals surface area contributed by atoms with Gasteiger partial charge in [-0.15, -0.1) is 11.6 Å². The van der Waals surface area contributed by atoms with Crippen molar-refractivity contribution in [3.63, 3.8) is 0 Å². The number of rotatable bonds is 3. The number of ether oxygens (including phenoxy) is 1. The van der Waals surface area contributed by atoms with Crippen LogP contribution in [0.3, 0.4) is 0 Å². The van der Waals surface area contributed by atoms with Gasteiger partial charge in [-0.25, -0.2) is 0 Å². The molecule has 0 N–H and O–H groups in total. The lowest BCUT2D eigenvalue weighted by atomic mass is 9.90. The van der Waals surface area contributed by atoms with E-state index in [9.17, 15) is 4.79 Å². The SMILES string of the molecule is O=C(OCC1CCC(Cl)CC1)C1CC1. The highest BCUT2D eigenvalue weighted by Crippen LogP contribution is 2.31. The molecule has 14 heavy (non-hydrogen) atoms. The third kappa shape index (κ3) is 2.88. The van der Waals surface area contributed by atoms with Gasteiger partial charge in [-0.05, 0) is 44.4 Å². The van der Waals surface area contributed by atoms with E-state index in [2.05, 4.69) is 0 Å². The lowest BCUT2D eigenvalue weighted by Gasteiger charge is -2.24. The molecule has 0 aromatic rings. The average Bonchev–Trinajstić information content (AvgIpc) is 3.00. The van der Waals surface area contributed by atoms with Crippen molar-refractivity contribution in [1.82, 2.24) is 0 Å². The molecule has 2 nitrogen and oxygen atoms in total. The van der Waals surface area contributed by atoms with Crippen LogP contribution >= 0.6 is 11.6 Å². The predicted molar refractivity (Wildman–Crippen MR) is 55.3 cm³/mol. The standard InChI is InChI=1S/C11H17ClO2/c12-10-5-1-8(2-6-10)7-14-11(13)9-3-4-9/h8-10H,1-7H2. The maximum absolute atomic E-state index is 11.3. The van der Waals surface area contributed by atoms with E-state index in [4.69, 9.17) is 16.3 Å². The van der Waals surface area contributed by atoms with Crippen LogP contribution < -0.4 is 0 Å². The first-order chi connectivity index (χ1) is 6.75. The van der Waals surface area contributed by atoms with Crippen LogP contribution in [0.4, 0.5) is 0 Å². The van der Waals surface area contributed by atoms with Gasteiger partial charge in [0, 0.05) is 5.38 Å². The lowest BCUT2D eigenvalue weighted by molar-refractivity contribution is -0.146. The molecule has 2 aliphatic carbocycles. The smallest absolute Gasteiger partial charge is 0.308 e. The first-order valence-corrected chi connectivity index (χ1v) is 6.00. The van der Waals surface area contributed by atoms with Gasteiger partial charge < -0.3 is 4.74 Å². The van der Waals surface area contributed by atoms with Gasteiger partial charge in [-0.2, -0.15) is 0 Å². The van der Waals surface area contributed by atoms with Crippen molar-refractivity contribution in [3.05, 3.63) is 0 Å². The minimum absolute atomic E-state index is 0.0259. The monoisotopic (exact) mass is 216 g/mol. The number of carbonyl (C=O) groups is 1. The number of hydrogen-bond acceptors (Lipinski definition) is 2. The highest BCUT2D eigenvalue weighted by Gasteiger charge is 2.32. The summed E-state index contributed by atoms with van der Waals surface area (Å²) in [6, 6.07) is 0. The quantitative estimate of drug-likeness (QED) is 0.536. The van der Waals surface area contributed by atoms with E-state index < -0.39 is 0 Å². The molecule has 80 valence electrons. The molecule has 2 rings (SSSR count). The third-order valence-electron chi connectivity index (χ3n) is 3.15. The van der Waals surface area contributed by atoms with Crippen molar-refractivity contribution in [3.8, 4) is 0 Å². The molecule has 0 heterocycles. The summed E-state index contributed by atoms with van der Waals surface area (Å²) in [5, 5.41) is 0.352. The van der Waals surface area contributed by atoms with E-state index >= 15 is 0 Å². The Balaban J connectivity index is 1.62. The normalized spacial score (nSPS) is 32.6. The molecule has 3 heteroatoms. The second kappa shape index (κ2) is 4.52. The van der Waals surface area contributed by atoms with Crippen LogP contribution in [0.1, 0.15) is 38.5 Å². The van der Waals surface area contributed by atoms with Crippen molar-refractivity contribution < 1.29 is 9.53 Å². The van der Waals surface area contributed by atoms with Gasteiger partial charge in [-0.1, -0.05) is 0 Å². The molecule has 0 aromatic carbocycles. The highest BCUT2D eigenvalue weighted by atomic mass is 35.5. The Hall–Kier alpha value is -0.240. The summed E-state index contributed by atoms with van der Waals surface area (Å²) in [7, 11) is 0. The molecular formula is C11H17ClO2. The van der Waals surface area contributed by atoms with Crippen molar-refractivity contribution >= 4 is 17.6 Å². The van der Waals surface area contributed by atoms with Gasteiger partial charge in [-0.3, -0.25) is 4.79 Å². The van der Waals surface area contributed by atoms with Gasteiger partial charge in [0.2, 0.25) is 0 Å². The number of hydrogen-bond donors (Lipinski definition) is 0. The first-order valence-electron chi connectivity index (χ1n) is 5.56. The second-order valence-electron chi connectivity index (χ2n) is 4.52. The second-order valence-corrected chi connectivity index (χ2v) is 5.14. The van der Waals surface area contributed by atoms with E-state index in [-0.39, 0.29) is 11.9 Å². The molecule has 0 atom stereocenters. The molecule has 0 radical (unpaired) electrons. The predicted octanol–water partition coefficient (Wildman–Crippen LogP) is 2.74. The molecule has 0 bridgehead atoms. The largest absolute Gasteiger partial charge is 0.465 e. The minimum atomic E-state index is 0.0259. The lowest BCUT2D eigenvalue weighted by Crippen LogP contribution is -2.21. The van der Waals surface area contributed by atoms with Crippen molar-refractivity contribution in [2.75, 3.05) is 6.61 Å². The van der Waals surface area contributed by atoms with Crippen LogP contribution in [0, 0.1) is 11.8 Å². The van der Waals surface area contributed by atoms with Crippen molar-refractivity contribution in [2.45, 2.75) is 43.9 Å². The van der Waals surface area contributed by atoms with Crippen LogP contribution in [-0.4, -0.2) is 18.0 Å². The molecule has 0 aromatic heterocycles. The van der Waals surface area contributed by atoms with Crippen LogP contribution in [0.25, 0.3) is 0 Å². The maximum Gasteiger partial charge on any atom is 0.308 e. The number of halogens is 1. The third-order valence-corrected chi connectivity index (χ3v) is 3.58. The minimum Gasteiger partial charge on any atom is -0.465 e. The van der Waals surface area contributed by atoms with Gasteiger partial charge in [0.25, 0.3) is 0 Å². The molecule has 2 aliphatic rings. The summed E-state index contributed by atoms with van der Waals surface area (Å²) < 4.78 is 5.26. The van der Waals surface area contributed by atoms with Crippen LogP contribution in [0.2, 0.25) is 0 Å². The van der Waals surface area contributed by atoms with Crippen LogP contribution in [-0.2, 0) is 9.53 Å². The van der Waals surface area contributed by atoms with Crippen LogP contribution in [0.5, 0.6) is 0 Å². The molecule has 0 unspecified atom stereocenters. The Morgan fingerprint density at radius 1 is 1.14 bits per heavy atom. The Labute approximate surface area is 90.0 Å². The topological polar surface area (TPSA) is 26.3 Å². The van der Waals surface area contributed by atoms with E-state index in [0.717, 1.165) is 38.5 Å². The van der Waals surface area contributed by atoms with E-state index in [0.29, 0.717) is 17.9 Å². The van der Waals surface area contributed by atoms with Crippen LogP contribution in [0.15, 0.2) is 0 Å². The van der Waals surface area contributed by atoms with Crippen molar-refractivity contribution in [1.29, 1.82) is 0 Å². The highest BCUT2D eigenvalue weighted by molar-refractivity contribution is 6.20. The first kappa shape index (κ1) is 10.3. The Morgan fingerprint density at radius 3 is 2.36 bits per heavy atom. The maximum atomic E-state index is 11.3. The zero-order valence-electron chi connectivity index (χ0n) is 8.38. The fourth-order valence-corrected chi connectivity index (χ4v) is 2.18. The van der Waals surface area contributed by atoms with E-state index in [1.807, 2.05) is 0 Å². The average molecular weight is 217 g/mol. The summed E-state index contributed by atoms with van der Waals surface area (Å²) in [4.78, 5) is 11.3. The number of alkyl halides is 1. The molecule has 0 amide bonds.